The summed E-state index contributed by atoms with van der Waals surface area (Å²) in [7, 11) is 0. The molecule has 1 saturated heterocycles. The predicted molar refractivity (Wildman–Crippen MR) is 71.9 cm³/mol. The Labute approximate surface area is 108 Å². The second-order valence-corrected chi connectivity index (χ2v) is 5.80. The van der Waals surface area contributed by atoms with Crippen LogP contribution >= 0.6 is 11.6 Å². The minimum atomic E-state index is -0.120. The molecule has 92 valence electrons. The Morgan fingerprint density at radius 2 is 2.06 bits per heavy atom. The summed E-state index contributed by atoms with van der Waals surface area (Å²) >= 11 is 6.06. The van der Waals surface area contributed by atoms with Crippen molar-refractivity contribution in [2.75, 3.05) is 11.4 Å². The number of piperidine rings is 1. The molecule has 0 saturated carbocycles. The highest BCUT2D eigenvalue weighted by molar-refractivity contribution is 6.30. The molecule has 0 unspecified atom stereocenters. The highest BCUT2D eigenvalue weighted by atomic mass is 35.5. The molecule has 0 radical (unpaired) electrons. The zero-order chi connectivity index (χ0) is 12.6. The lowest BCUT2D eigenvalue weighted by molar-refractivity contribution is -0.121. The molecule has 0 amide bonds. The van der Waals surface area contributed by atoms with Crippen molar-refractivity contribution in [2.24, 2.45) is 0 Å². The van der Waals surface area contributed by atoms with E-state index in [1.165, 1.54) is 5.56 Å². The van der Waals surface area contributed by atoms with E-state index in [0.717, 1.165) is 17.3 Å². The minimum Gasteiger partial charge on any atom is -0.365 e. The second-order valence-electron chi connectivity index (χ2n) is 5.36. The van der Waals surface area contributed by atoms with Gasteiger partial charge in [-0.05, 0) is 38.5 Å². The zero-order valence-corrected chi connectivity index (χ0v) is 11.3. The summed E-state index contributed by atoms with van der Waals surface area (Å²) in [5, 5.41) is 0.748. The Hall–Kier alpha value is -1.02. The van der Waals surface area contributed by atoms with Crippen LogP contribution in [0.25, 0.3) is 0 Å². The topological polar surface area (TPSA) is 20.3 Å². The Morgan fingerprint density at radius 1 is 1.35 bits per heavy atom. The number of hydrogen-bond acceptors (Lipinski definition) is 2. The summed E-state index contributed by atoms with van der Waals surface area (Å²) in [6.07, 6.45) is 1.24. The van der Waals surface area contributed by atoms with Crippen LogP contribution in [0.4, 0.5) is 5.69 Å². The number of hydrogen-bond donors (Lipinski definition) is 0. The molecular formula is C14H18ClNO. The number of Topliss-reactive ketones (excluding diaryl/α,β-unsaturated/α-hetero) is 1. The average molecular weight is 252 g/mol. The van der Waals surface area contributed by atoms with Gasteiger partial charge in [-0.1, -0.05) is 17.7 Å². The van der Waals surface area contributed by atoms with E-state index in [2.05, 4.69) is 25.7 Å². The van der Waals surface area contributed by atoms with Crippen molar-refractivity contribution >= 4 is 23.1 Å². The molecule has 2 nitrogen and oxygen atoms in total. The fourth-order valence-corrected chi connectivity index (χ4v) is 2.69. The van der Waals surface area contributed by atoms with E-state index < -0.39 is 0 Å². The van der Waals surface area contributed by atoms with Gasteiger partial charge in [0.2, 0.25) is 0 Å². The maximum atomic E-state index is 11.6. The number of halogens is 1. The maximum Gasteiger partial charge on any atom is 0.136 e. The largest absolute Gasteiger partial charge is 0.365 e. The fourth-order valence-electron chi connectivity index (χ4n) is 2.53. The summed E-state index contributed by atoms with van der Waals surface area (Å²) in [6, 6.07) is 5.93. The number of anilines is 1. The molecule has 0 N–H and O–H groups in total. The van der Waals surface area contributed by atoms with E-state index in [1.54, 1.807) is 0 Å². The number of benzene rings is 1. The van der Waals surface area contributed by atoms with Gasteiger partial charge in [0.1, 0.15) is 5.78 Å². The highest BCUT2D eigenvalue weighted by Crippen LogP contribution is 2.34. The van der Waals surface area contributed by atoms with Crippen LogP contribution in [-0.2, 0) is 4.79 Å². The average Bonchev–Trinajstić information content (AvgIpc) is 2.21. The van der Waals surface area contributed by atoms with E-state index in [-0.39, 0.29) is 5.54 Å². The van der Waals surface area contributed by atoms with Crippen molar-refractivity contribution in [3.63, 3.8) is 0 Å². The molecule has 0 aliphatic carbocycles. The van der Waals surface area contributed by atoms with Gasteiger partial charge in [-0.25, -0.2) is 0 Å². The fraction of sp³-hybridized carbons (Fsp3) is 0.500. The molecule has 3 heteroatoms. The molecule has 1 aromatic carbocycles. The molecule has 0 atom stereocenters. The predicted octanol–water partition coefficient (Wildman–Crippen LogP) is 3.60. The standard InChI is InChI=1S/C14H18ClNO/c1-10-4-5-11(15)8-13(10)16-7-6-12(17)9-14(16,2)3/h4-5,8H,6-7,9H2,1-3H3. The molecule has 1 fully saturated rings. The maximum absolute atomic E-state index is 11.6. The Balaban J connectivity index is 2.39. The van der Waals surface area contributed by atoms with Crippen LogP contribution in [0.15, 0.2) is 18.2 Å². The van der Waals surface area contributed by atoms with Crippen LogP contribution in [0.1, 0.15) is 32.3 Å². The van der Waals surface area contributed by atoms with Crippen LogP contribution in [-0.4, -0.2) is 17.9 Å². The zero-order valence-electron chi connectivity index (χ0n) is 10.6. The van der Waals surface area contributed by atoms with Crippen molar-refractivity contribution < 1.29 is 4.79 Å². The highest BCUT2D eigenvalue weighted by Gasteiger charge is 2.34. The molecule has 0 spiro atoms. The van der Waals surface area contributed by atoms with Crippen molar-refractivity contribution in [2.45, 2.75) is 39.2 Å². The number of carbonyl (C=O) groups excluding carboxylic acids is 1. The van der Waals surface area contributed by atoms with Crippen LogP contribution in [0, 0.1) is 6.92 Å². The van der Waals surface area contributed by atoms with Crippen molar-refractivity contribution in [1.82, 2.24) is 0 Å². The number of ketones is 1. The Kier molecular flexibility index (Phi) is 3.17. The Bertz CT molecular complexity index is 454. The van der Waals surface area contributed by atoms with E-state index in [1.807, 2.05) is 18.2 Å². The summed E-state index contributed by atoms with van der Waals surface area (Å²) in [4.78, 5) is 13.9. The first-order valence-electron chi connectivity index (χ1n) is 5.96. The smallest absolute Gasteiger partial charge is 0.136 e. The number of nitrogens with zero attached hydrogens (tertiary/aromatic N) is 1. The Morgan fingerprint density at radius 3 is 2.71 bits per heavy atom. The van der Waals surface area contributed by atoms with Gasteiger partial charge < -0.3 is 4.90 Å². The van der Waals surface area contributed by atoms with E-state index in [4.69, 9.17) is 11.6 Å². The van der Waals surface area contributed by atoms with Crippen molar-refractivity contribution in [3.05, 3.63) is 28.8 Å². The molecule has 0 bridgehead atoms. The van der Waals surface area contributed by atoms with E-state index in [9.17, 15) is 4.79 Å². The van der Waals surface area contributed by atoms with Crippen LogP contribution in [0.2, 0.25) is 5.02 Å². The van der Waals surface area contributed by atoms with Gasteiger partial charge >= 0.3 is 0 Å². The van der Waals surface area contributed by atoms with E-state index in [0.29, 0.717) is 18.6 Å². The third-order valence-corrected chi connectivity index (χ3v) is 3.67. The summed E-state index contributed by atoms with van der Waals surface area (Å²) in [5.74, 6) is 0.353. The third kappa shape index (κ3) is 2.47. The van der Waals surface area contributed by atoms with Crippen molar-refractivity contribution in [3.8, 4) is 0 Å². The molecule has 1 aliphatic heterocycles. The monoisotopic (exact) mass is 251 g/mol. The quantitative estimate of drug-likeness (QED) is 0.760. The summed E-state index contributed by atoms with van der Waals surface area (Å²) < 4.78 is 0. The second kappa shape index (κ2) is 4.34. The van der Waals surface area contributed by atoms with Crippen LogP contribution in [0.5, 0.6) is 0 Å². The normalized spacial score (nSPS) is 19.5. The molecule has 1 aromatic rings. The first-order valence-corrected chi connectivity index (χ1v) is 6.33. The van der Waals surface area contributed by atoms with Gasteiger partial charge in [0.05, 0.1) is 0 Å². The van der Waals surface area contributed by atoms with Gasteiger partial charge in [-0.2, -0.15) is 0 Å². The number of aryl methyl sites for hydroxylation is 1. The lowest BCUT2D eigenvalue weighted by Gasteiger charge is -2.44. The molecule has 1 aliphatic rings. The molecule has 2 rings (SSSR count). The summed E-state index contributed by atoms with van der Waals surface area (Å²) in [5.41, 5.74) is 2.23. The molecule has 1 heterocycles. The lowest BCUT2D eigenvalue weighted by atomic mass is 9.88. The van der Waals surface area contributed by atoms with Gasteiger partial charge in [0, 0.05) is 35.6 Å². The third-order valence-electron chi connectivity index (χ3n) is 3.44. The summed E-state index contributed by atoms with van der Waals surface area (Å²) in [6.45, 7) is 7.10. The van der Waals surface area contributed by atoms with Gasteiger partial charge in [-0.3, -0.25) is 4.79 Å². The van der Waals surface area contributed by atoms with E-state index >= 15 is 0 Å². The molecule has 0 aromatic heterocycles. The van der Waals surface area contributed by atoms with Crippen LogP contribution < -0.4 is 4.90 Å². The van der Waals surface area contributed by atoms with Gasteiger partial charge in [-0.15, -0.1) is 0 Å². The SMILES string of the molecule is Cc1ccc(Cl)cc1N1CCC(=O)CC1(C)C. The van der Waals surface area contributed by atoms with Gasteiger partial charge in [0.25, 0.3) is 0 Å². The first-order chi connectivity index (χ1) is 7.90. The number of carbonyl (C=O) groups is 1. The number of rotatable bonds is 1. The van der Waals surface area contributed by atoms with Crippen molar-refractivity contribution in [1.29, 1.82) is 0 Å². The first kappa shape index (κ1) is 12.4. The van der Waals surface area contributed by atoms with Crippen LogP contribution in [0.3, 0.4) is 0 Å². The van der Waals surface area contributed by atoms with Gasteiger partial charge in [0.15, 0.2) is 0 Å². The minimum absolute atomic E-state index is 0.120. The lowest BCUT2D eigenvalue weighted by Crippen LogP contribution is -2.50. The molecular weight excluding hydrogens is 234 g/mol. The molecule has 17 heavy (non-hydrogen) atoms.